The summed E-state index contributed by atoms with van der Waals surface area (Å²) >= 11 is 1.41. The lowest BCUT2D eigenvalue weighted by Gasteiger charge is -2.04. The first-order valence-corrected chi connectivity index (χ1v) is 7.81. The lowest BCUT2D eigenvalue weighted by Crippen LogP contribution is -2.10. The lowest BCUT2D eigenvalue weighted by atomic mass is 10.1. The Bertz CT molecular complexity index is 833. The second kappa shape index (κ2) is 6.89. The van der Waals surface area contributed by atoms with E-state index in [0.29, 0.717) is 10.6 Å². The van der Waals surface area contributed by atoms with Gasteiger partial charge in [-0.25, -0.2) is 0 Å². The molecule has 0 spiro atoms. The predicted octanol–water partition coefficient (Wildman–Crippen LogP) is 4.49. The molecule has 3 rings (SSSR count). The van der Waals surface area contributed by atoms with Gasteiger partial charge in [-0.1, -0.05) is 24.3 Å². The number of ketones is 1. The molecule has 0 aliphatic heterocycles. The van der Waals surface area contributed by atoms with E-state index < -0.39 is 0 Å². The van der Waals surface area contributed by atoms with Crippen molar-refractivity contribution in [2.45, 2.75) is 0 Å². The second-order valence-electron chi connectivity index (χ2n) is 4.73. The van der Waals surface area contributed by atoms with Gasteiger partial charge in [0.25, 0.3) is 5.91 Å². The standard InChI is InChI=1S/C18H13NO3S/c20-15(17-7-3-11-23-17)9-8-13-4-1-5-14(12-13)19-18(21)16-6-2-10-22-16/h1-12H,(H,19,21). The van der Waals surface area contributed by atoms with Gasteiger partial charge in [-0.05, 0) is 47.4 Å². The lowest BCUT2D eigenvalue weighted by molar-refractivity contribution is 0.0995. The van der Waals surface area contributed by atoms with Crippen molar-refractivity contribution in [3.05, 3.63) is 82.5 Å². The third-order valence-electron chi connectivity index (χ3n) is 3.08. The number of hydrogen-bond acceptors (Lipinski definition) is 4. The fraction of sp³-hybridized carbons (Fsp3) is 0. The molecule has 4 nitrogen and oxygen atoms in total. The van der Waals surface area contributed by atoms with Crippen LogP contribution < -0.4 is 5.32 Å². The first kappa shape index (κ1) is 15.0. The smallest absolute Gasteiger partial charge is 0.291 e. The molecule has 5 heteroatoms. The minimum Gasteiger partial charge on any atom is -0.459 e. The molecule has 114 valence electrons. The van der Waals surface area contributed by atoms with Gasteiger partial charge in [-0.2, -0.15) is 0 Å². The summed E-state index contributed by atoms with van der Waals surface area (Å²) < 4.78 is 5.05. The van der Waals surface area contributed by atoms with Crippen molar-refractivity contribution in [2.75, 3.05) is 5.32 Å². The van der Waals surface area contributed by atoms with Crippen LogP contribution in [0.3, 0.4) is 0 Å². The molecule has 2 heterocycles. The zero-order valence-corrected chi connectivity index (χ0v) is 12.9. The summed E-state index contributed by atoms with van der Waals surface area (Å²) in [6.45, 7) is 0. The number of hydrogen-bond donors (Lipinski definition) is 1. The van der Waals surface area contributed by atoms with Crippen molar-refractivity contribution < 1.29 is 14.0 Å². The highest BCUT2D eigenvalue weighted by molar-refractivity contribution is 7.12. The molecular formula is C18H13NO3S. The van der Waals surface area contributed by atoms with Crippen LogP contribution in [0.25, 0.3) is 6.08 Å². The number of nitrogens with one attached hydrogen (secondary N) is 1. The van der Waals surface area contributed by atoms with Gasteiger partial charge >= 0.3 is 0 Å². The fourth-order valence-electron chi connectivity index (χ4n) is 1.99. The topological polar surface area (TPSA) is 59.3 Å². The molecule has 0 atom stereocenters. The van der Waals surface area contributed by atoms with Gasteiger partial charge in [0, 0.05) is 5.69 Å². The van der Waals surface area contributed by atoms with Crippen LogP contribution in [0.2, 0.25) is 0 Å². The number of furan rings is 1. The minimum absolute atomic E-state index is 0.0370. The molecule has 0 unspecified atom stereocenters. The van der Waals surface area contributed by atoms with Gasteiger partial charge in [0.15, 0.2) is 11.5 Å². The summed E-state index contributed by atoms with van der Waals surface area (Å²) in [4.78, 5) is 24.6. The quantitative estimate of drug-likeness (QED) is 0.556. The number of allylic oxidation sites excluding steroid dienone is 1. The largest absolute Gasteiger partial charge is 0.459 e. The van der Waals surface area contributed by atoms with E-state index in [2.05, 4.69) is 5.32 Å². The maximum Gasteiger partial charge on any atom is 0.291 e. The molecule has 0 fully saturated rings. The van der Waals surface area contributed by atoms with Crippen molar-refractivity contribution in [1.29, 1.82) is 0 Å². The highest BCUT2D eigenvalue weighted by Crippen LogP contribution is 2.15. The summed E-state index contributed by atoms with van der Waals surface area (Å²) in [5.74, 6) is -0.102. The predicted molar refractivity (Wildman–Crippen MR) is 90.8 cm³/mol. The van der Waals surface area contributed by atoms with Crippen LogP contribution in [0, 0.1) is 0 Å². The van der Waals surface area contributed by atoms with E-state index in [4.69, 9.17) is 4.42 Å². The third kappa shape index (κ3) is 3.84. The Balaban J connectivity index is 1.70. The number of carbonyl (C=O) groups is 2. The molecule has 0 radical (unpaired) electrons. The van der Waals surface area contributed by atoms with Gasteiger partial charge in [0.2, 0.25) is 0 Å². The number of rotatable bonds is 5. The van der Waals surface area contributed by atoms with E-state index >= 15 is 0 Å². The summed E-state index contributed by atoms with van der Waals surface area (Å²) in [7, 11) is 0. The van der Waals surface area contributed by atoms with E-state index in [0.717, 1.165) is 5.56 Å². The Morgan fingerprint density at radius 1 is 1.09 bits per heavy atom. The number of amides is 1. The molecule has 0 bridgehead atoms. The average molecular weight is 323 g/mol. The number of benzene rings is 1. The maximum absolute atomic E-state index is 11.9. The van der Waals surface area contributed by atoms with Crippen LogP contribution in [0.15, 0.2) is 70.7 Å². The van der Waals surface area contributed by atoms with E-state index in [1.807, 2.05) is 23.6 Å². The van der Waals surface area contributed by atoms with Crippen molar-refractivity contribution in [3.63, 3.8) is 0 Å². The molecule has 0 saturated heterocycles. The monoisotopic (exact) mass is 323 g/mol. The molecule has 3 aromatic rings. The van der Waals surface area contributed by atoms with Gasteiger partial charge < -0.3 is 9.73 Å². The van der Waals surface area contributed by atoms with Gasteiger partial charge in [0.1, 0.15) is 0 Å². The first-order chi connectivity index (χ1) is 11.2. The highest BCUT2D eigenvalue weighted by Gasteiger charge is 2.08. The first-order valence-electron chi connectivity index (χ1n) is 6.93. The molecule has 0 aliphatic carbocycles. The molecule has 0 aliphatic rings. The zero-order chi connectivity index (χ0) is 16.1. The molecule has 0 saturated carbocycles. The zero-order valence-electron chi connectivity index (χ0n) is 12.1. The van der Waals surface area contributed by atoms with Crippen LogP contribution in [0.5, 0.6) is 0 Å². The van der Waals surface area contributed by atoms with E-state index in [-0.39, 0.29) is 17.5 Å². The molecule has 1 amide bonds. The molecule has 2 aromatic heterocycles. The third-order valence-corrected chi connectivity index (χ3v) is 3.97. The van der Waals surface area contributed by atoms with Gasteiger partial charge in [-0.3, -0.25) is 9.59 Å². The van der Waals surface area contributed by atoms with Crippen LogP contribution in [-0.2, 0) is 0 Å². The van der Waals surface area contributed by atoms with Crippen molar-refractivity contribution in [2.24, 2.45) is 0 Å². The molecule has 1 aromatic carbocycles. The minimum atomic E-state index is -0.314. The Kier molecular flexibility index (Phi) is 4.49. The van der Waals surface area contributed by atoms with Gasteiger partial charge in [-0.15, -0.1) is 11.3 Å². The van der Waals surface area contributed by atoms with Crippen molar-refractivity contribution in [3.8, 4) is 0 Å². The van der Waals surface area contributed by atoms with Crippen LogP contribution in [0.4, 0.5) is 5.69 Å². The number of carbonyl (C=O) groups excluding carboxylic acids is 2. The molecular weight excluding hydrogens is 310 g/mol. The maximum atomic E-state index is 11.9. The molecule has 23 heavy (non-hydrogen) atoms. The normalized spacial score (nSPS) is 10.8. The van der Waals surface area contributed by atoms with E-state index in [1.165, 1.54) is 23.7 Å². The Morgan fingerprint density at radius 3 is 2.74 bits per heavy atom. The average Bonchev–Trinajstić information content (AvgIpc) is 3.25. The number of thiophene rings is 1. The van der Waals surface area contributed by atoms with Crippen LogP contribution in [0.1, 0.15) is 25.8 Å². The van der Waals surface area contributed by atoms with E-state index in [9.17, 15) is 9.59 Å². The summed E-state index contributed by atoms with van der Waals surface area (Å²) in [5, 5.41) is 4.62. The number of anilines is 1. The Morgan fingerprint density at radius 2 is 2.00 bits per heavy atom. The SMILES string of the molecule is O=C(Nc1cccc(C=CC(=O)c2cccs2)c1)c1ccco1. The summed E-state index contributed by atoms with van der Waals surface area (Å²) in [6, 6.07) is 14.1. The van der Waals surface area contributed by atoms with Crippen molar-refractivity contribution in [1.82, 2.24) is 0 Å². The second-order valence-corrected chi connectivity index (χ2v) is 5.68. The van der Waals surface area contributed by atoms with Gasteiger partial charge in [0.05, 0.1) is 11.1 Å². The van der Waals surface area contributed by atoms with E-state index in [1.54, 1.807) is 36.4 Å². The fourth-order valence-corrected chi connectivity index (χ4v) is 2.64. The Labute approximate surface area is 137 Å². The molecule has 1 N–H and O–H groups in total. The highest BCUT2D eigenvalue weighted by atomic mass is 32.1. The summed E-state index contributed by atoms with van der Waals surface area (Å²) in [6.07, 6.45) is 4.70. The Hall–Kier alpha value is -2.92. The van der Waals surface area contributed by atoms with Crippen LogP contribution in [-0.4, -0.2) is 11.7 Å². The van der Waals surface area contributed by atoms with Crippen molar-refractivity contribution >= 4 is 34.8 Å². The summed E-state index contributed by atoms with van der Waals surface area (Å²) in [5.41, 5.74) is 1.46. The van der Waals surface area contributed by atoms with Crippen LogP contribution >= 0.6 is 11.3 Å².